The van der Waals surface area contributed by atoms with Gasteiger partial charge in [0, 0.05) is 18.8 Å². The molecule has 6 heteroatoms. The van der Waals surface area contributed by atoms with Crippen LogP contribution in [0.4, 0.5) is 18.9 Å². The summed E-state index contributed by atoms with van der Waals surface area (Å²) in [5, 5.41) is 0. The number of nitrogens with two attached hydrogens (primary N) is 1. The number of anilines is 1. The lowest BCUT2D eigenvalue weighted by atomic mass is 10.1. The Balaban J connectivity index is 2.34. The smallest absolute Gasteiger partial charge is 0.398 e. The van der Waals surface area contributed by atoms with Crippen molar-refractivity contribution in [3.8, 4) is 0 Å². The van der Waals surface area contributed by atoms with Gasteiger partial charge >= 0.3 is 6.18 Å². The number of hydrogen-bond acceptors (Lipinski definition) is 2. The second-order valence-electron chi connectivity index (χ2n) is 4.30. The Bertz CT molecular complexity index is 465. The summed E-state index contributed by atoms with van der Waals surface area (Å²) in [7, 11) is 0. The average Bonchev–Trinajstić information content (AvgIpc) is 2.80. The number of benzene rings is 1. The van der Waals surface area contributed by atoms with Gasteiger partial charge < -0.3 is 10.6 Å². The third-order valence-electron chi connectivity index (χ3n) is 3.00. The first-order chi connectivity index (χ1) is 8.39. The molecule has 1 amide bonds. The van der Waals surface area contributed by atoms with Crippen LogP contribution in [-0.2, 0) is 6.18 Å². The third-order valence-corrected chi connectivity index (χ3v) is 3.00. The highest BCUT2D eigenvalue weighted by atomic mass is 19.4. The summed E-state index contributed by atoms with van der Waals surface area (Å²) >= 11 is 0. The molecule has 0 aliphatic carbocycles. The molecule has 1 fully saturated rings. The maximum Gasteiger partial charge on any atom is 0.416 e. The van der Waals surface area contributed by atoms with E-state index in [1.165, 1.54) is 4.90 Å². The largest absolute Gasteiger partial charge is 0.416 e. The van der Waals surface area contributed by atoms with E-state index < -0.39 is 17.6 Å². The van der Waals surface area contributed by atoms with Gasteiger partial charge in [0.05, 0.1) is 11.1 Å². The normalized spacial score (nSPS) is 16.1. The van der Waals surface area contributed by atoms with E-state index in [2.05, 4.69) is 0 Å². The zero-order chi connectivity index (χ0) is 13.3. The molecule has 0 saturated carbocycles. The number of amides is 1. The lowest BCUT2D eigenvalue weighted by molar-refractivity contribution is -0.137. The topological polar surface area (TPSA) is 46.3 Å². The first kappa shape index (κ1) is 12.7. The van der Waals surface area contributed by atoms with E-state index in [9.17, 15) is 18.0 Å². The zero-order valence-corrected chi connectivity index (χ0v) is 9.63. The molecule has 0 bridgehead atoms. The fraction of sp³-hybridized carbons (Fsp3) is 0.417. The van der Waals surface area contributed by atoms with Gasteiger partial charge in [0.15, 0.2) is 0 Å². The van der Waals surface area contributed by atoms with Crippen molar-refractivity contribution in [3.05, 3.63) is 29.3 Å². The van der Waals surface area contributed by atoms with Crippen LogP contribution in [-0.4, -0.2) is 23.9 Å². The van der Waals surface area contributed by atoms with Crippen LogP contribution in [0.2, 0.25) is 0 Å². The lowest BCUT2D eigenvalue weighted by Gasteiger charge is -2.17. The number of nitrogen functional groups attached to an aromatic ring is 1. The van der Waals surface area contributed by atoms with Gasteiger partial charge in [-0.1, -0.05) is 0 Å². The van der Waals surface area contributed by atoms with Gasteiger partial charge in [-0.2, -0.15) is 13.2 Å². The summed E-state index contributed by atoms with van der Waals surface area (Å²) < 4.78 is 37.7. The van der Waals surface area contributed by atoms with Crippen LogP contribution >= 0.6 is 0 Å². The summed E-state index contributed by atoms with van der Waals surface area (Å²) in [6.45, 7) is 1.16. The Morgan fingerprint density at radius 1 is 1.22 bits per heavy atom. The quantitative estimate of drug-likeness (QED) is 0.787. The van der Waals surface area contributed by atoms with E-state index in [0.717, 1.165) is 31.0 Å². The molecule has 1 aliphatic rings. The SMILES string of the molecule is Nc1ccc(C(F)(F)F)cc1C(=O)N1CCCC1. The highest BCUT2D eigenvalue weighted by molar-refractivity contribution is 5.99. The molecule has 0 radical (unpaired) electrons. The number of rotatable bonds is 1. The molecular weight excluding hydrogens is 245 g/mol. The number of nitrogens with zero attached hydrogens (tertiary/aromatic N) is 1. The van der Waals surface area contributed by atoms with Gasteiger partial charge in [-0.05, 0) is 31.0 Å². The van der Waals surface area contributed by atoms with Crippen molar-refractivity contribution in [2.24, 2.45) is 0 Å². The van der Waals surface area contributed by atoms with Gasteiger partial charge in [0.1, 0.15) is 0 Å². The van der Waals surface area contributed by atoms with Crippen LogP contribution in [0.1, 0.15) is 28.8 Å². The monoisotopic (exact) mass is 258 g/mol. The molecule has 3 nitrogen and oxygen atoms in total. The van der Waals surface area contributed by atoms with Crippen LogP contribution in [0.15, 0.2) is 18.2 Å². The fourth-order valence-electron chi connectivity index (χ4n) is 2.01. The standard InChI is InChI=1S/C12H13F3N2O/c13-12(14,15)8-3-4-10(16)9(7-8)11(18)17-5-1-2-6-17/h3-4,7H,1-2,5-6,16H2. The molecule has 1 aromatic rings. The average molecular weight is 258 g/mol. The number of hydrogen-bond donors (Lipinski definition) is 1. The molecule has 0 spiro atoms. The predicted molar refractivity (Wildman–Crippen MR) is 61.0 cm³/mol. The minimum Gasteiger partial charge on any atom is -0.398 e. The van der Waals surface area contributed by atoms with Gasteiger partial charge in [0.25, 0.3) is 5.91 Å². The zero-order valence-electron chi connectivity index (χ0n) is 9.63. The minimum absolute atomic E-state index is 0.0632. The molecule has 0 aromatic heterocycles. The maximum absolute atomic E-state index is 12.6. The Morgan fingerprint density at radius 2 is 1.83 bits per heavy atom. The van der Waals surface area contributed by atoms with Gasteiger partial charge in [-0.15, -0.1) is 0 Å². The Morgan fingerprint density at radius 3 is 2.39 bits per heavy atom. The number of alkyl halides is 3. The van der Waals surface area contributed by atoms with Crippen LogP contribution in [0, 0.1) is 0 Å². The third kappa shape index (κ3) is 2.42. The molecule has 1 saturated heterocycles. The van der Waals surface area contributed by atoms with Crippen molar-refractivity contribution in [1.29, 1.82) is 0 Å². The number of halogens is 3. The summed E-state index contributed by atoms with van der Waals surface area (Å²) in [6, 6.07) is 2.85. The Hall–Kier alpha value is -1.72. The Labute approximate surface area is 102 Å². The molecule has 0 atom stereocenters. The van der Waals surface area contributed by atoms with Crippen molar-refractivity contribution in [2.45, 2.75) is 19.0 Å². The summed E-state index contributed by atoms with van der Waals surface area (Å²) in [4.78, 5) is 13.6. The summed E-state index contributed by atoms with van der Waals surface area (Å²) in [5.41, 5.74) is 4.76. The second kappa shape index (κ2) is 4.51. The lowest BCUT2D eigenvalue weighted by Crippen LogP contribution is -2.28. The first-order valence-corrected chi connectivity index (χ1v) is 5.65. The van der Waals surface area contributed by atoms with E-state index >= 15 is 0 Å². The number of likely N-dealkylation sites (tertiary alicyclic amines) is 1. The molecule has 1 aromatic carbocycles. The van der Waals surface area contributed by atoms with E-state index in [4.69, 9.17) is 5.73 Å². The molecule has 1 aliphatic heterocycles. The first-order valence-electron chi connectivity index (χ1n) is 5.65. The van der Waals surface area contributed by atoms with E-state index in [-0.39, 0.29) is 11.3 Å². The van der Waals surface area contributed by atoms with Gasteiger partial charge in [0.2, 0.25) is 0 Å². The molecule has 1 heterocycles. The highest BCUT2D eigenvalue weighted by Gasteiger charge is 2.32. The van der Waals surface area contributed by atoms with Gasteiger partial charge in [-0.25, -0.2) is 0 Å². The number of carbonyl (C=O) groups is 1. The highest BCUT2D eigenvalue weighted by Crippen LogP contribution is 2.31. The molecule has 18 heavy (non-hydrogen) atoms. The van der Waals surface area contributed by atoms with Crippen molar-refractivity contribution in [3.63, 3.8) is 0 Å². The summed E-state index contributed by atoms with van der Waals surface area (Å²) in [6.07, 6.45) is -2.71. The Kier molecular flexibility index (Phi) is 3.19. The number of carbonyl (C=O) groups excluding carboxylic acids is 1. The summed E-state index contributed by atoms with van der Waals surface area (Å²) in [5.74, 6) is -0.420. The van der Waals surface area contributed by atoms with E-state index in [1.54, 1.807) is 0 Å². The van der Waals surface area contributed by atoms with Crippen molar-refractivity contribution >= 4 is 11.6 Å². The van der Waals surface area contributed by atoms with Crippen LogP contribution in [0.25, 0.3) is 0 Å². The molecule has 2 N–H and O–H groups in total. The van der Waals surface area contributed by atoms with E-state index in [0.29, 0.717) is 13.1 Å². The van der Waals surface area contributed by atoms with Crippen molar-refractivity contribution < 1.29 is 18.0 Å². The molecule has 0 unspecified atom stereocenters. The van der Waals surface area contributed by atoms with Crippen LogP contribution in [0.3, 0.4) is 0 Å². The fourth-order valence-corrected chi connectivity index (χ4v) is 2.01. The molecule has 98 valence electrons. The van der Waals surface area contributed by atoms with Crippen molar-refractivity contribution in [1.82, 2.24) is 4.90 Å². The van der Waals surface area contributed by atoms with Crippen molar-refractivity contribution in [2.75, 3.05) is 18.8 Å². The molecule has 2 rings (SSSR count). The second-order valence-corrected chi connectivity index (χ2v) is 4.30. The van der Waals surface area contributed by atoms with Crippen LogP contribution in [0.5, 0.6) is 0 Å². The van der Waals surface area contributed by atoms with Gasteiger partial charge in [-0.3, -0.25) is 4.79 Å². The molecular formula is C12H13F3N2O. The van der Waals surface area contributed by atoms with Crippen LogP contribution < -0.4 is 5.73 Å². The predicted octanol–water partition coefficient (Wildman–Crippen LogP) is 2.52. The minimum atomic E-state index is -4.46. The van der Waals surface area contributed by atoms with E-state index in [1.807, 2.05) is 0 Å². The maximum atomic E-state index is 12.6.